The van der Waals surface area contributed by atoms with Gasteiger partial charge in [0, 0.05) is 18.0 Å². The minimum atomic E-state index is -3.58. The standard InChI is InChI=1S/C14H17FN2O2S2/c1-10-9-20-13(8-16-2)14(10)21(18,19)17-7-11-3-5-12(15)6-4-11/h3-6,9,16-17H,7-8H2,1-2H3. The maximum atomic E-state index is 12.8. The van der Waals surface area contributed by atoms with Gasteiger partial charge in [0.25, 0.3) is 0 Å². The molecule has 0 aliphatic heterocycles. The third-order valence-electron chi connectivity index (χ3n) is 2.98. The molecule has 0 unspecified atom stereocenters. The van der Waals surface area contributed by atoms with E-state index in [2.05, 4.69) is 10.0 Å². The van der Waals surface area contributed by atoms with Gasteiger partial charge in [-0.1, -0.05) is 12.1 Å². The van der Waals surface area contributed by atoms with Crippen molar-refractivity contribution < 1.29 is 12.8 Å². The number of benzene rings is 1. The van der Waals surface area contributed by atoms with E-state index in [9.17, 15) is 12.8 Å². The highest BCUT2D eigenvalue weighted by Crippen LogP contribution is 2.26. The Balaban J connectivity index is 2.18. The van der Waals surface area contributed by atoms with E-state index in [1.807, 2.05) is 5.38 Å². The van der Waals surface area contributed by atoms with E-state index >= 15 is 0 Å². The Bertz CT molecular complexity index is 709. The van der Waals surface area contributed by atoms with Gasteiger partial charge in [-0.25, -0.2) is 17.5 Å². The van der Waals surface area contributed by atoms with Crippen LogP contribution in [-0.2, 0) is 23.1 Å². The van der Waals surface area contributed by atoms with Crippen LogP contribution in [0.25, 0.3) is 0 Å². The summed E-state index contributed by atoms with van der Waals surface area (Å²) in [6.07, 6.45) is 0. The third-order valence-corrected chi connectivity index (χ3v) is 5.84. The molecule has 0 aliphatic carbocycles. The Kier molecular flexibility index (Phi) is 5.10. The molecule has 7 heteroatoms. The quantitative estimate of drug-likeness (QED) is 0.856. The van der Waals surface area contributed by atoms with Crippen molar-refractivity contribution >= 4 is 21.4 Å². The molecule has 1 aromatic heterocycles. The summed E-state index contributed by atoms with van der Waals surface area (Å²) in [6, 6.07) is 5.75. The minimum Gasteiger partial charge on any atom is -0.315 e. The molecular formula is C14H17FN2O2S2. The molecule has 0 bridgehead atoms. The average molecular weight is 328 g/mol. The Morgan fingerprint density at radius 1 is 1.19 bits per heavy atom. The van der Waals surface area contributed by atoms with Gasteiger partial charge in [-0.15, -0.1) is 11.3 Å². The minimum absolute atomic E-state index is 0.136. The van der Waals surface area contributed by atoms with E-state index in [0.29, 0.717) is 17.0 Å². The lowest BCUT2D eigenvalue weighted by Gasteiger charge is -2.09. The smallest absolute Gasteiger partial charge is 0.242 e. The van der Waals surface area contributed by atoms with Crippen LogP contribution in [0.5, 0.6) is 0 Å². The van der Waals surface area contributed by atoms with Gasteiger partial charge in [-0.3, -0.25) is 0 Å². The second kappa shape index (κ2) is 6.65. The molecule has 0 saturated carbocycles. The number of thiophene rings is 1. The zero-order valence-electron chi connectivity index (χ0n) is 11.8. The number of hydrogen-bond donors (Lipinski definition) is 2. The monoisotopic (exact) mass is 328 g/mol. The van der Waals surface area contributed by atoms with Gasteiger partial charge >= 0.3 is 0 Å². The summed E-state index contributed by atoms with van der Waals surface area (Å²) >= 11 is 1.42. The van der Waals surface area contributed by atoms with Gasteiger partial charge in [0.1, 0.15) is 10.7 Å². The molecule has 0 aliphatic rings. The van der Waals surface area contributed by atoms with Crippen LogP contribution in [0.2, 0.25) is 0 Å². The second-order valence-corrected chi connectivity index (χ2v) is 7.32. The predicted octanol–water partition coefficient (Wildman–Crippen LogP) is 2.39. The zero-order valence-corrected chi connectivity index (χ0v) is 13.4. The van der Waals surface area contributed by atoms with E-state index < -0.39 is 10.0 Å². The first-order chi connectivity index (χ1) is 9.94. The molecule has 2 rings (SSSR count). The van der Waals surface area contributed by atoms with Crippen LogP contribution in [0.15, 0.2) is 34.5 Å². The average Bonchev–Trinajstić information content (AvgIpc) is 2.80. The van der Waals surface area contributed by atoms with Crippen LogP contribution >= 0.6 is 11.3 Å². The maximum absolute atomic E-state index is 12.8. The molecular weight excluding hydrogens is 311 g/mol. The van der Waals surface area contributed by atoms with E-state index in [-0.39, 0.29) is 12.4 Å². The van der Waals surface area contributed by atoms with E-state index in [1.54, 1.807) is 26.1 Å². The summed E-state index contributed by atoms with van der Waals surface area (Å²) < 4.78 is 40.3. The number of rotatable bonds is 6. The first kappa shape index (κ1) is 16.1. The molecule has 0 saturated heterocycles. The lowest BCUT2D eigenvalue weighted by atomic mass is 10.2. The molecule has 0 atom stereocenters. The number of nitrogens with one attached hydrogen (secondary N) is 2. The summed E-state index contributed by atoms with van der Waals surface area (Å²) in [5, 5.41) is 4.80. The summed E-state index contributed by atoms with van der Waals surface area (Å²) in [5.41, 5.74) is 1.44. The third kappa shape index (κ3) is 3.88. The van der Waals surface area contributed by atoms with Crippen molar-refractivity contribution in [3.63, 3.8) is 0 Å². The van der Waals surface area contributed by atoms with Gasteiger partial charge in [-0.05, 0) is 42.6 Å². The van der Waals surface area contributed by atoms with Gasteiger partial charge in [0.2, 0.25) is 10.0 Å². The molecule has 0 fully saturated rings. The van der Waals surface area contributed by atoms with Crippen molar-refractivity contribution in [2.45, 2.75) is 24.9 Å². The SMILES string of the molecule is CNCc1scc(C)c1S(=O)(=O)NCc1ccc(F)cc1. The summed E-state index contributed by atoms with van der Waals surface area (Å²) in [5.74, 6) is -0.341. The number of sulfonamides is 1. The number of halogens is 1. The van der Waals surface area contributed by atoms with E-state index in [4.69, 9.17) is 0 Å². The Labute approximate surface area is 128 Å². The molecule has 114 valence electrons. The van der Waals surface area contributed by atoms with Crippen molar-refractivity contribution in [1.82, 2.24) is 10.0 Å². The van der Waals surface area contributed by atoms with Gasteiger partial charge in [0.05, 0.1) is 0 Å². The Hall–Kier alpha value is -1.28. The van der Waals surface area contributed by atoms with Crippen LogP contribution in [0.1, 0.15) is 16.0 Å². The van der Waals surface area contributed by atoms with Crippen LogP contribution in [0.4, 0.5) is 4.39 Å². The predicted molar refractivity (Wildman–Crippen MR) is 82.2 cm³/mol. The van der Waals surface area contributed by atoms with Crippen molar-refractivity contribution in [2.75, 3.05) is 7.05 Å². The highest BCUT2D eigenvalue weighted by molar-refractivity contribution is 7.89. The van der Waals surface area contributed by atoms with Crippen LogP contribution < -0.4 is 10.0 Å². The van der Waals surface area contributed by atoms with Crippen molar-refractivity contribution in [3.8, 4) is 0 Å². The maximum Gasteiger partial charge on any atom is 0.242 e. The van der Waals surface area contributed by atoms with Gasteiger partial charge < -0.3 is 5.32 Å². The molecule has 21 heavy (non-hydrogen) atoms. The van der Waals surface area contributed by atoms with Gasteiger partial charge in [-0.2, -0.15) is 0 Å². The fourth-order valence-corrected chi connectivity index (χ4v) is 4.82. The molecule has 0 spiro atoms. The van der Waals surface area contributed by atoms with Crippen molar-refractivity contribution in [3.05, 3.63) is 51.5 Å². The second-order valence-electron chi connectivity index (χ2n) is 4.65. The summed E-state index contributed by atoms with van der Waals surface area (Å²) in [7, 11) is -1.81. The molecule has 1 heterocycles. The molecule has 1 aromatic carbocycles. The lowest BCUT2D eigenvalue weighted by Crippen LogP contribution is -2.25. The Morgan fingerprint density at radius 3 is 2.48 bits per heavy atom. The lowest BCUT2D eigenvalue weighted by molar-refractivity contribution is 0.579. The van der Waals surface area contributed by atoms with Crippen LogP contribution in [0.3, 0.4) is 0 Å². The fraction of sp³-hybridized carbons (Fsp3) is 0.286. The van der Waals surface area contributed by atoms with Crippen LogP contribution in [0, 0.1) is 12.7 Å². The highest BCUT2D eigenvalue weighted by atomic mass is 32.2. The molecule has 4 nitrogen and oxygen atoms in total. The number of aryl methyl sites for hydroxylation is 1. The highest BCUT2D eigenvalue weighted by Gasteiger charge is 2.22. The van der Waals surface area contributed by atoms with Crippen LogP contribution in [-0.4, -0.2) is 15.5 Å². The summed E-state index contributed by atoms with van der Waals surface area (Å²) in [6.45, 7) is 2.42. The topological polar surface area (TPSA) is 58.2 Å². The van der Waals surface area contributed by atoms with E-state index in [1.165, 1.54) is 23.5 Å². The normalized spacial score (nSPS) is 11.8. The zero-order chi connectivity index (χ0) is 15.5. The van der Waals surface area contributed by atoms with Crippen molar-refractivity contribution in [2.24, 2.45) is 0 Å². The molecule has 0 amide bonds. The molecule has 2 N–H and O–H groups in total. The first-order valence-electron chi connectivity index (χ1n) is 6.39. The first-order valence-corrected chi connectivity index (χ1v) is 8.76. The molecule has 2 aromatic rings. The van der Waals surface area contributed by atoms with Crippen molar-refractivity contribution in [1.29, 1.82) is 0 Å². The Morgan fingerprint density at radius 2 is 1.86 bits per heavy atom. The number of hydrogen-bond acceptors (Lipinski definition) is 4. The largest absolute Gasteiger partial charge is 0.315 e. The van der Waals surface area contributed by atoms with Gasteiger partial charge in [0.15, 0.2) is 0 Å². The summed E-state index contributed by atoms with van der Waals surface area (Å²) in [4.78, 5) is 1.12. The fourth-order valence-electron chi connectivity index (χ4n) is 1.98. The molecule has 0 radical (unpaired) electrons. The van der Waals surface area contributed by atoms with E-state index in [0.717, 1.165) is 10.4 Å².